The zero-order valence-electron chi connectivity index (χ0n) is 18.9. The number of aromatic nitrogens is 1. The van der Waals surface area contributed by atoms with Crippen molar-refractivity contribution < 1.29 is 22.7 Å². The Labute approximate surface area is 207 Å². The van der Waals surface area contributed by atoms with Gasteiger partial charge in [-0.3, -0.25) is 9.69 Å². The molecule has 0 bridgehead atoms. The Hall–Kier alpha value is -2.05. The molecule has 2 saturated heterocycles. The van der Waals surface area contributed by atoms with Crippen LogP contribution in [0, 0.1) is 5.92 Å². The second-order valence-corrected chi connectivity index (χ2v) is 12.6. The molecule has 11 heteroatoms. The van der Waals surface area contributed by atoms with E-state index in [-0.39, 0.29) is 17.9 Å². The van der Waals surface area contributed by atoms with Crippen molar-refractivity contribution in [3.05, 3.63) is 35.7 Å². The Morgan fingerprint density at radius 3 is 2.76 bits per heavy atom. The molecule has 2 fully saturated rings. The van der Waals surface area contributed by atoms with Crippen molar-refractivity contribution in [3.63, 3.8) is 0 Å². The number of amides is 1. The number of hydrogen-bond acceptors (Lipinski definition) is 8. The highest BCUT2D eigenvalue weighted by molar-refractivity contribution is 7.91. The summed E-state index contributed by atoms with van der Waals surface area (Å²) in [6.45, 7) is 1.84. The van der Waals surface area contributed by atoms with Gasteiger partial charge in [-0.2, -0.15) is 4.31 Å². The molecule has 5 rings (SSSR count). The molecule has 0 spiro atoms. The number of ether oxygens (including phenoxy) is 2. The van der Waals surface area contributed by atoms with Gasteiger partial charge in [0.15, 0.2) is 5.13 Å². The van der Waals surface area contributed by atoms with Crippen molar-refractivity contribution >= 4 is 54.0 Å². The average Bonchev–Trinajstić information content (AvgIpc) is 3.63. The number of anilines is 1. The summed E-state index contributed by atoms with van der Waals surface area (Å²) >= 11 is 2.69. The minimum Gasteiger partial charge on any atom is -0.497 e. The van der Waals surface area contributed by atoms with Crippen LogP contribution in [-0.4, -0.2) is 63.1 Å². The van der Waals surface area contributed by atoms with Crippen LogP contribution in [-0.2, 0) is 19.6 Å². The molecule has 2 aliphatic heterocycles. The fourth-order valence-electron chi connectivity index (χ4n) is 4.49. The molecular weight excluding hydrogens is 494 g/mol. The number of thiophene rings is 1. The third-order valence-corrected chi connectivity index (χ3v) is 10.7. The van der Waals surface area contributed by atoms with Crippen molar-refractivity contribution in [2.24, 2.45) is 5.92 Å². The molecule has 3 aromatic rings. The number of methoxy groups -OCH3 is 1. The lowest BCUT2D eigenvalue weighted by Gasteiger charge is -2.33. The monoisotopic (exact) mass is 521 g/mol. The largest absolute Gasteiger partial charge is 0.497 e. The van der Waals surface area contributed by atoms with Gasteiger partial charge in [0, 0.05) is 25.6 Å². The van der Waals surface area contributed by atoms with Crippen LogP contribution >= 0.6 is 22.7 Å². The van der Waals surface area contributed by atoms with Crippen LogP contribution in [0.25, 0.3) is 10.2 Å². The molecule has 0 N–H and O–H groups in total. The molecule has 34 heavy (non-hydrogen) atoms. The zero-order valence-corrected chi connectivity index (χ0v) is 21.3. The summed E-state index contributed by atoms with van der Waals surface area (Å²) in [6, 6.07) is 9.06. The van der Waals surface area contributed by atoms with Gasteiger partial charge in [-0.25, -0.2) is 13.4 Å². The van der Waals surface area contributed by atoms with Gasteiger partial charge in [-0.15, -0.1) is 11.3 Å². The number of thiazole rings is 1. The van der Waals surface area contributed by atoms with Gasteiger partial charge in [0.25, 0.3) is 10.0 Å². The van der Waals surface area contributed by atoms with Gasteiger partial charge in [0.05, 0.1) is 30.0 Å². The summed E-state index contributed by atoms with van der Waals surface area (Å²) in [5, 5.41) is 2.41. The standard InChI is InChI=1S/C23H27N3O5S3/c1-30-17-6-7-19-20(14-17)33-23(24-19)26(15-18-4-2-12-31-18)22(27)16-8-10-25(11-9-16)34(28,29)21-5-3-13-32-21/h3,5-7,13-14,16,18H,2,4,8-12,15H2,1H3. The number of sulfonamides is 1. The molecule has 2 aromatic heterocycles. The molecule has 1 atom stereocenters. The second-order valence-electron chi connectivity index (χ2n) is 8.52. The summed E-state index contributed by atoms with van der Waals surface area (Å²) in [5.41, 5.74) is 0.822. The fourth-order valence-corrected chi connectivity index (χ4v) is 8.11. The topological polar surface area (TPSA) is 89.0 Å². The summed E-state index contributed by atoms with van der Waals surface area (Å²) < 4.78 is 39.7. The van der Waals surface area contributed by atoms with Crippen molar-refractivity contribution in [2.45, 2.75) is 36.0 Å². The quantitative estimate of drug-likeness (QED) is 0.467. The number of fused-ring (bicyclic) bond motifs is 1. The number of benzene rings is 1. The molecule has 0 aliphatic carbocycles. The van der Waals surface area contributed by atoms with E-state index in [2.05, 4.69) is 0 Å². The molecule has 182 valence electrons. The Morgan fingerprint density at radius 1 is 1.26 bits per heavy atom. The summed E-state index contributed by atoms with van der Waals surface area (Å²) in [4.78, 5) is 20.2. The van der Waals surface area contributed by atoms with Gasteiger partial charge in [-0.1, -0.05) is 17.4 Å². The number of hydrogen-bond donors (Lipinski definition) is 0. The van der Waals surface area contributed by atoms with Gasteiger partial charge in [0.1, 0.15) is 9.96 Å². The van der Waals surface area contributed by atoms with E-state index in [4.69, 9.17) is 14.5 Å². The van der Waals surface area contributed by atoms with Crippen LogP contribution < -0.4 is 9.64 Å². The molecule has 4 heterocycles. The predicted molar refractivity (Wildman–Crippen MR) is 133 cm³/mol. The van der Waals surface area contributed by atoms with Crippen LogP contribution in [0.2, 0.25) is 0 Å². The van der Waals surface area contributed by atoms with Crippen LogP contribution in [0.5, 0.6) is 5.75 Å². The van der Waals surface area contributed by atoms with Crippen molar-refractivity contribution in [3.8, 4) is 5.75 Å². The molecule has 1 aromatic carbocycles. The predicted octanol–water partition coefficient (Wildman–Crippen LogP) is 3.98. The third kappa shape index (κ3) is 4.72. The van der Waals surface area contributed by atoms with Gasteiger partial charge in [-0.05, 0) is 55.3 Å². The molecule has 0 saturated carbocycles. The lowest BCUT2D eigenvalue weighted by molar-refractivity contribution is -0.123. The molecule has 1 unspecified atom stereocenters. The van der Waals surface area contributed by atoms with Crippen LogP contribution in [0.3, 0.4) is 0 Å². The highest BCUT2D eigenvalue weighted by atomic mass is 32.2. The Kier molecular flexibility index (Phi) is 6.90. The Bertz CT molecular complexity index is 1240. The third-order valence-electron chi connectivity index (χ3n) is 6.38. The summed E-state index contributed by atoms with van der Waals surface area (Å²) in [6.07, 6.45) is 2.88. The van der Waals surface area contributed by atoms with E-state index in [9.17, 15) is 13.2 Å². The normalized spacial score (nSPS) is 20.1. The van der Waals surface area contributed by atoms with E-state index in [1.165, 1.54) is 27.0 Å². The lowest BCUT2D eigenvalue weighted by atomic mass is 9.96. The molecule has 2 aliphatic rings. The van der Waals surface area contributed by atoms with Crippen LogP contribution in [0.4, 0.5) is 5.13 Å². The molecular formula is C23H27N3O5S3. The first kappa shape index (κ1) is 23.7. The summed E-state index contributed by atoms with van der Waals surface area (Å²) in [5.74, 6) is 0.492. The number of piperidine rings is 1. The van der Waals surface area contributed by atoms with E-state index in [0.717, 1.165) is 28.8 Å². The fraction of sp³-hybridized carbons (Fsp3) is 0.478. The molecule has 1 amide bonds. The van der Waals surface area contributed by atoms with Crippen molar-refractivity contribution in [2.75, 3.05) is 38.3 Å². The van der Waals surface area contributed by atoms with E-state index in [0.29, 0.717) is 48.4 Å². The Balaban J connectivity index is 1.35. The second kappa shape index (κ2) is 9.90. The zero-order chi connectivity index (χ0) is 23.7. The minimum absolute atomic E-state index is 0.00491. The van der Waals surface area contributed by atoms with Crippen molar-refractivity contribution in [1.82, 2.24) is 9.29 Å². The number of carbonyl (C=O) groups is 1. The maximum absolute atomic E-state index is 13.7. The van der Waals surface area contributed by atoms with E-state index >= 15 is 0 Å². The van der Waals surface area contributed by atoms with Gasteiger partial charge in [0.2, 0.25) is 5.91 Å². The average molecular weight is 522 g/mol. The lowest BCUT2D eigenvalue weighted by Crippen LogP contribution is -2.46. The number of nitrogens with zero attached hydrogens (tertiary/aromatic N) is 3. The minimum atomic E-state index is -3.50. The number of carbonyl (C=O) groups excluding carboxylic acids is 1. The van der Waals surface area contributed by atoms with Crippen molar-refractivity contribution in [1.29, 1.82) is 0 Å². The summed E-state index contributed by atoms with van der Waals surface area (Å²) in [7, 11) is -1.87. The SMILES string of the molecule is COc1ccc2nc(N(CC3CCCO3)C(=O)C3CCN(S(=O)(=O)c4cccs4)CC3)sc2c1. The number of rotatable bonds is 7. The Morgan fingerprint density at radius 2 is 2.09 bits per heavy atom. The maximum Gasteiger partial charge on any atom is 0.252 e. The maximum atomic E-state index is 13.7. The van der Waals surface area contributed by atoms with E-state index < -0.39 is 10.0 Å². The van der Waals surface area contributed by atoms with Crippen LogP contribution in [0.1, 0.15) is 25.7 Å². The van der Waals surface area contributed by atoms with E-state index in [1.54, 1.807) is 29.5 Å². The first-order valence-electron chi connectivity index (χ1n) is 11.4. The molecule has 0 radical (unpaired) electrons. The molecule has 8 nitrogen and oxygen atoms in total. The highest BCUT2D eigenvalue weighted by Crippen LogP contribution is 2.34. The van der Waals surface area contributed by atoms with Gasteiger partial charge >= 0.3 is 0 Å². The first-order valence-corrected chi connectivity index (χ1v) is 14.5. The first-order chi connectivity index (χ1) is 16.5. The smallest absolute Gasteiger partial charge is 0.252 e. The van der Waals surface area contributed by atoms with E-state index in [1.807, 2.05) is 18.2 Å². The van der Waals surface area contributed by atoms with Crippen LogP contribution in [0.15, 0.2) is 39.9 Å². The van der Waals surface area contributed by atoms with Gasteiger partial charge < -0.3 is 9.47 Å². The highest BCUT2D eigenvalue weighted by Gasteiger charge is 2.36.